The van der Waals surface area contributed by atoms with Gasteiger partial charge in [-0.25, -0.2) is 0 Å². The third-order valence-corrected chi connectivity index (χ3v) is 6.89. The molecule has 126 valence electrons. The molecule has 0 radical (unpaired) electrons. The SMILES string of the molecule is C[Si](C)=c1ccc2c(c1C1=CC(C(C)(C)C)=CC1)C=c1ccccc1=2. The highest BCUT2D eigenvalue weighted by molar-refractivity contribution is 6.47. The van der Waals surface area contributed by atoms with Crippen molar-refractivity contribution >= 4 is 20.1 Å². The third-order valence-electron chi connectivity index (χ3n) is 5.39. The molecule has 0 nitrogen and oxygen atoms in total. The monoisotopic (exact) mass is 342 g/mol. The summed E-state index contributed by atoms with van der Waals surface area (Å²) in [7, 11) is -0.522. The van der Waals surface area contributed by atoms with Gasteiger partial charge in [-0.1, -0.05) is 82.4 Å². The lowest BCUT2D eigenvalue weighted by Gasteiger charge is -2.18. The molecule has 0 heterocycles. The Morgan fingerprint density at radius 1 is 0.880 bits per heavy atom. The highest BCUT2D eigenvalue weighted by Crippen LogP contribution is 2.38. The van der Waals surface area contributed by atoms with E-state index < -0.39 is 8.41 Å². The summed E-state index contributed by atoms with van der Waals surface area (Å²) in [6, 6.07) is 13.5. The van der Waals surface area contributed by atoms with Gasteiger partial charge in [-0.3, -0.25) is 0 Å². The van der Waals surface area contributed by atoms with E-state index in [2.05, 4.69) is 88.5 Å². The van der Waals surface area contributed by atoms with Gasteiger partial charge >= 0.3 is 0 Å². The predicted octanol–water partition coefficient (Wildman–Crippen LogP) is 5.46. The Hall–Kier alpha value is -1.99. The summed E-state index contributed by atoms with van der Waals surface area (Å²) in [6.07, 6.45) is 8.36. The smallest absolute Gasteiger partial charge is 0.0136 e. The number of hydrogen-bond acceptors (Lipinski definition) is 0. The second-order valence-corrected chi connectivity index (χ2v) is 11.0. The lowest BCUT2D eigenvalue weighted by atomic mass is 9.87. The van der Waals surface area contributed by atoms with Gasteiger partial charge in [-0.15, -0.1) is 0 Å². The summed E-state index contributed by atoms with van der Waals surface area (Å²) in [5.41, 5.74) is 6.16. The van der Waals surface area contributed by atoms with Crippen LogP contribution in [0.5, 0.6) is 0 Å². The molecule has 4 rings (SSSR count). The van der Waals surface area contributed by atoms with Crippen molar-refractivity contribution in [2.75, 3.05) is 0 Å². The fourth-order valence-corrected chi connectivity index (χ4v) is 5.22. The fourth-order valence-electron chi connectivity index (χ4n) is 4.01. The first-order chi connectivity index (χ1) is 11.9. The second-order valence-electron chi connectivity index (χ2n) is 8.46. The van der Waals surface area contributed by atoms with Crippen LogP contribution in [0.1, 0.15) is 38.3 Å². The first-order valence-electron chi connectivity index (χ1n) is 9.19. The molecule has 1 heteroatoms. The highest BCUT2D eigenvalue weighted by atomic mass is 28.2. The summed E-state index contributed by atoms with van der Waals surface area (Å²) in [4.78, 5) is 1.57. The van der Waals surface area contributed by atoms with Gasteiger partial charge in [0.1, 0.15) is 0 Å². The molecular weight excluding hydrogens is 316 g/mol. The van der Waals surface area contributed by atoms with E-state index in [-0.39, 0.29) is 5.41 Å². The Kier molecular flexibility index (Phi) is 3.81. The Bertz CT molecular complexity index is 1150. The molecule has 2 aromatic carbocycles. The van der Waals surface area contributed by atoms with Crippen molar-refractivity contribution in [2.45, 2.75) is 40.3 Å². The molecule has 0 bridgehead atoms. The predicted molar refractivity (Wildman–Crippen MR) is 110 cm³/mol. The van der Waals surface area contributed by atoms with Crippen molar-refractivity contribution in [2.24, 2.45) is 5.41 Å². The molecule has 2 aliphatic rings. The summed E-state index contributed by atoms with van der Waals surface area (Å²) < 4.78 is 0. The van der Waals surface area contributed by atoms with Crippen LogP contribution < -0.4 is 5.22 Å². The van der Waals surface area contributed by atoms with E-state index in [0.717, 1.165) is 6.42 Å². The Morgan fingerprint density at radius 3 is 2.32 bits per heavy atom. The van der Waals surface area contributed by atoms with Crippen LogP contribution in [0, 0.1) is 20.7 Å². The van der Waals surface area contributed by atoms with E-state index in [1.165, 1.54) is 37.9 Å². The minimum Gasteiger partial charge on any atom is -0.0763 e. The molecule has 0 unspecified atom stereocenters. The number of benzene rings is 2. The van der Waals surface area contributed by atoms with Gasteiger partial charge in [0.25, 0.3) is 0 Å². The van der Waals surface area contributed by atoms with E-state index >= 15 is 0 Å². The van der Waals surface area contributed by atoms with Crippen molar-refractivity contribution in [1.29, 1.82) is 0 Å². The van der Waals surface area contributed by atoms with Gasteiger partial charge in [-0.2, -0.15) is 0 Å². The van der Waals surface area contributed by atoms with Gasteiger partial charge in [-0.05, 0) is 60.7 Å². The van der Waals surface area contributed by atoms with E-state index in [9.17, 15) is 0 Å². The summed E-state index contributed by atoms with van der Waals surface area (Å²) in [5, 5.41) is 4.15. The molecule has 0 N–H and O–H groups in total. The number of rotatable bonds is 1. The van der Waals surface area contributed by atoms with Crippen molar-refractivity contribution in [3.8, 4) is 0 Å². The first-order valence-corrected chi connectivity index (χ1v) is 11.7. The number of fused-ring (bicyclic) bond motifs is 2. The number of hydrogen-bond donors (Lipinski definition) is 0. The maximum atomic E-state index is 2.46. The van der Waals surface area contributed by atoms with Crippen LogP contribution in [-0.2, 0) is 0 Å². The lowest BCUT2D eigenvalue weighted by Crippen LogP contribution is -2.06. The van der Waals surface area contributed by atoms with E-state index in [4.69, 9.17) is 0 Å². The normalized spacial score (nSPS) is 15.2. The summed E-state index contributed by atoms with van der Waals surface area (Å²) in [6.45, 7) is 11.7. The molecule has 0 saturated carbocycles. The van der Waals surface area contributed by atoms with Gasteiger partial charge in [0, 0.05) is 8.41 Å². The zero-order valence-electron chi connectivity index (χ0n) is 15.9. The van der Waals surface area contributed by atoms with Crippen LogP contribution >= 0.6 is 0 Å². The molecule has 0 fully saturated rings. The van der Waals surface area contributed by atoms with Gasteiger partial charge in [0.2, 0.25) is 0 Å². The van der Waals surface area contributed by atoms with Gasteiger partial charge < -0.3 is 0 Å². The Balaban J connectivity index is 2.05. The molecule has 0 atom stereocenters. The zero-order valence-corrected chi connectivity index (χ0v) is 16.9. The van der Waals surface area contributed by atoms with Gasteiger partial charge in [0.05, 0.1) is 0 Å². The molecule has 0 saturated heterocycles. The summed E-state index contributed by atoms with van der Waals surface area (Å²) in [5.74, 6) is 0. The quantitative estimate of drug-likeness (QED) is 0.515. The minimum absolute atomic E-state index is 0.221. The largest absolute Gasteiger partial charge is 0.0763 e. The van der Waals surface area contributed by atoms with Crippen molar-refractivity contribution in [3.05, 3.63) is 85.7 Å². The first kappa shape index (κ1) is 16.5. The van der Waals surface area contributed by atoms with E-state index in [1.807, 2.05) is 0 Å². The molecule has 2 aliphatic carbocycles. The van der Waals surface area contributed by atoms with Crippen LogP contribution in [0.4, 0.5) is 0 Å². The average Bonchev–Trinajstić information content (AvgIpc) is 3.18. The Labute approximate surface area is 151 Å². The van der Waals surface area contributed by atoms with Crippen molar-refractivity contribution in [3.63, 3.8) is 0 Å². The van der Waals surface area contributed by atoms with Crippen LogP contribution in [0.25, 0.3) is 11.6 Å². The van der Waals surface area contributed by atoms with Crippen molar-refractivity contribution < 1.29 is 0 Å². The fraction of sp³-hybridized carbons (Fsp3) is 0.292. The highest BCUT2D eigenvalue weighted by Gasteiger charge is 2.22. The lowest BCUT2D eigenvalue weighted by molar-refractivity contribution is 0.518. The number of allylic oxidation sites excluding steroid dienone is 4. The van der Waals surface area contributed by atoms with E-state index in [0.29, 0.717) is 0 Å². The molecular formula is C24H26Si. The maximum absolute atomic E-state index is 2.46. The molecule has 0 aliphatic heterocycles. The summed E-state index contributed by atoms with van der Waals surface area (Å²) >= 11 is 0. The molecule has 0 aromatic heterocycles. The van der Waals surface area contributed by atoms with Crippen LogP contribution in [0.2, 0.25) is 13.1 Å². The van der Waals surface area contributed by atoms with Gasteiger partial charge in [0.15, 0.2) is 0 Å². The molecule has 2 aromatic rings. The Morgan fingerprint density at radius 2 is 1.64 bits per heavy atom. The molecule has 25 heavy (non-hydrogen) atoms. The van der Waals surface area contributed by atoms with E-state index in [1.54, 1.807) is 4.81 Å². The standard InChI is InChI=1S/C24H26Si/c1-24(2,3)18-11-10-17(14-18)23-21-15-16-8-6-7-9-19(16)20(21)12-13-22(23)25(4)5/h6-9,11-15H,10H2,1-5H3. The van der Waals surface area contributed by atoms with Crippen molar-refractivity contribution in [1.82, 2.24) is 0 Å². The molecule has 0 spiro atoms. The maximum Gasteiger partial charge on any atom is 0.0136 e. The zero-order chi connectivity index (χ0) is 17.8. The van der Waals surface area contributed by atoms with Crippen LogP contribution in [0.3, 0.4) is 0 Å². The molecule has 0 amide bonds. The minimum atomic E-state index is -0.522. The van der Waals surface area contributed by atoms with Crippen LogP contribution in [0.15, 0.2) is 54.1 Å². The average molecular weight is 343 g/mol. The topological polar surface area (TPSA) is 0 Å². The second kappa shape index (κ2) is 5.78. The third kappa shape index (κ3) is 2.71. The van der Waals surface area contributed by atoms with Crippen LogP contribution in [-0.4, -0.2) is 8.41 Å².